The number of aliphatic hydroxyl groups is 1. The molecule has 1 atom stereocenters. The molecule has 0 saturated heterocycles. The van der Waals surface area contributed by atoms with Gasteiger partial charge in [0.1, 0.15) is 5.60 Å². The molecule has 0 aliphatic heterocycles. The van der Waals surface area contributed by atoms with Crippen LogP contribution in [0.5, 0.6) is 0 Å². The lowest BCUT2D eigenvalue weighted by atomic mass is 9.84. The Morgan fingerprint density at radius 1 is 0.810 bits per heavy atom. The van der Waals surface area contributed by atoms with Crippen molar-refractivity contribution in [2.45, 2.75) is 18.7 Å². The van der Waals surface area contributed by atoms with Gasteiger partial charge in [-0.1, -0.05) is 30.3 Å². The van der Waals surface area contributed by atoms with Crippen LogP contribution in [0.4, 0.5) is 22.0 Å². The molecule has 0 aliphatic rings. The van der Waals surface area contributed by atoms with Gasteiger partial charge in [0.05, 0.1) is 5.56 Å². The third kappa shape index (κ3) is 2.76. The molecular weight excluding hydrogens is 291 g/mol. The van der Waals surface area contributed by atoms with E-state index in [-0.39, 0.29) is 0 Å². The lowest BCUT2D eigenvalue weighted by Crippen LogP contribution is -2.28. The lowest BCUT2D eigenvalue weighted by Gasteiger charge is -2.28. The molecule has 2 rings (SSSR count). The van der Waals surface area contributed by atoms with E-state index < -0.39 is 40.1 Å². The maximum absolute atomic E-state index is 13.8. The fourth-order valence-electron chi connectivity index (χ4n) is 2.18. The average Bonchev–Trinajstić information content (AvgIpc) is 2.41. The molecule has 0 heterocycles. The highest BCUT2D eigenvalue weighted by atomic mass is 19.4. The number of alkyl halides is 3. The molecule has 0 radical (unpaired) electrons. The predicted octanol–water partition coefficient (Wildman–Crippen LogP) is 4.24. The highest BCUT2D eigenvalue weighted by Crippen LogP contribution is 2.40. The van der Waals surface area contributed by atoms with E-state index in [2.05, 4.69) is 0 Å². The highest BCUT2D eigenvalue weighted by Gasteiger charge is 2.40. The van der Waals surface area contributed by atoms with Crippen LogP contribution in [0.25, 0.3) is 0 Å². The van der Waals surface area contributed by atoms with Crippen LogP contribution in [0.2, 0.25) is 0 Å². The van der Waals surface area contributed by atoms with Crippen molar-refractivity contribution in [2.24, 2.45) is 0 Å². The van der Waals surface area contributed by atoms with Gasteiger partial charge in [0, 0.05) is 5.56 Å². The molecule has 1 nitrogen and oxygen atoms in total. The van der Waals surface area contributed by atoms with E-state index in [1.165, 1.54) is 6.07 Å². The normalized spacial score (nSPS) is 14.8. The standard InChI is InChI=1S/C15H11F5O/c1-14(21,11-7-4-8-12(16)13(11)17)9-5-2-3-6-10(9)15(18,19)20/h2-8,21H,1H3. The zero-order valence-corrected chi connectivity index (χ0v) is 10.9. The fourth-order valence-corrected chi connectivity index (χ4v) is 2.18. The summed E-state index contributed by atoms with van der Waals surface area (Å²) in [4.78, 5) is 0. The molecular formula is C15H11F5O. The molecule has 6 heteroatoms. The number of hydrogen-bond donors (Lipinski definition) is 1. The van der Waals surface area contributed by atoms with Gasteiger partial charge in [0.25, 0.3) is 0 Å². The van der Waals surface area contributed by atoms with Gasteiger partial charge >= 0.3 is 6.18 Å². The van der Waals surface area contributed by atoms with Crippen LogP contribution in [0, 0.1) is 11.6 Å². The Kier molecular flexibility index (Phi) is 3.76. The van der Waals surface area contributed by atoms with Crippen LogP contribution in [0.1, 0.15) is 23.6 Å². The quantitative estimate of drug-likeness (QED) is 0.823. The van der Waals surface area contributed by atoms with E-state index in [1.807, 2.05) is 0 Å². The molecule has 0 fully saturated rings. The largest absolute Gasteiger partial charge is 0.416 e. The number of halogens is 5. The SMILES string of the molecule is CC(O)(c1ccccc1C(F)(F)F)c1cccc(F)c1F. The Hall–Kier alpha value is -1.95. The summed E-state index contributed by atoms with van der Waals surface area (Å²) in [5, 5.41) is 10.4. The Morgan fingerprint density at radius 3 is 1.90 bits per heavy atom. The summed E-state index contributed by atoms with van der Waals surface area (Å²) in [6, 6.07) is 7.25. The Bertz CT molecular complexity index is 661. The average molecular weight is 302 g/mol. The predicted molar refractivity (Wildman–Crippen MR) is 66.5 cm³/mol. The van der Waals surface area contributed by atoms with Gasteiger partial charge in [-0.15, -0.1) is 0 Å². The molecule has 0 aliphatic carbocycles. The second-order valence-electron chi connectivity index (χ2n) is 4.72. The minimum Gasteiger partial charge on any atom is -0.381 e. The van der Waals surface area contributed by atoms with Crippen molar-refractivity contribution in [1.82, 2.24) is 0 Å². The first-order valence-corrected chi connectivity index (χ1v) is 5.99. The molecule has 0 amide bonds. The minimum atomic E-state index is -4.72. The Balaban J connectivity index is 2.68. The maximum Gasteiger partial charge on any atom is 0.416 e. The summed E-state index contributed by atoms with van der Waals surface area (Å²) in [7, 11) is 0. The van der Waals surface area contributed by atoms with Crippen molar-refractivity contribution >= 4 is 0 Å². The van der Waals surface area contributed by atoms with E-state index in [4.69, 9.17) is 0 Å². The van der Waals surface area contributed by atoms with Crippen molar-refractivity contribution in [3.63, 3.8) is 0 Å². The lowest BCUT2D eigenvalue weighted by molar-refractivity contribution is -0.140. The van der Waals surface area contributed by atoms with Crippen molar-refractivity contribution in [3.8, 4) is 0 Å². The van der Waals surface area contributed by atoms with Crippen molar-refractivity contribution in [2.75, 3.05) is 0 Å². The molecule has 2 aromatic carbocycles. The van der Waals surface area contributed by atoms with Gasteiger partial charge in [-0.2, -0.15) is 13.2 Å². The first kappa shape index (κ1) is 15.4. The summed E-state index contributed by atoms with van der Waals surface area (Å²) >= 11 is 0. The zero-order chi connectivity index (χ0) is 15.8. The molecule has 2 aromatic rings. The topological polar surface area (TPSA) is 20.2 Å². The Labute approximate surface area is 117 Å². The van der Waals surface area contributed by atoms with Crippen LogP contribution in [0.15, 0.2) is 42.5 Å². The summed E-state index contributed by atoms with van der Waals surface area (Å²) in [6.45, 7) is 0.995. The second kappa shape index (κ2) is 5.11. The van der Waals surface area contributed by atoms with Gasteiger partial charge in [-0.25, -0.2) is 8.78 Å². The van der Waals surface area contributed by atoms with Crippen LogP contribution >= 0.6 is 0 Å². The van der Waals surface area contributed by atoms with Crippen molar-refractivity contribution < 1.29 is 27.1 Å². The van der Waals surface area contributed by atoms with E-state index in [0.717, 1.165) is 43.3 Å². The van der Waals surface area contributed by atoms with Gasteiger partial charge in [0.15, 0.2) is 11.6 Å². The van der Waals surface area contributed by atoms with Crippen LogP contribution in [-0.2, 0) is 11.8 Å². The summed E-state index contributed by atoms with van der Waals surface area (Å²) in [5.74, 6) is -2.61. The van der Waals surface area contributed by atoms with E-state index in [0.29, 0.717) is 0 Å². The minimum absolute atomic E-state index is 0.540. The van der Waals surface area contributed by atoms with Crippen LogP contribution in [0.3, 0.4) is 0 Å². The number of benzene rings is 2. The van der Waals surface area contributed by atoms with Gasteiger partial charge in [-0.3, -0.25) is 0 Å². The summed E-state index contributed by atoms with van der Waals surface area (Å²) < 4.78 is 66.0. The molecule has 1 N–H and O–H groups in total. The van der Waals surface area contributed by atoms with E-state index in [9.17, 15) is 27.1 Å². The molecule has 1 unspecified atom stereocenters. The third-order valence-electron chi connectivity index (χ3n) is 3.23. The fraction of sp³-hybridized carbons (Fsp3) is 0.200. The molecule has 0 aromatic heterocycles. The van der Waals surface area contributed by atoms with Gasteiger partial charge in [0.2, 0.25) is 0 Å². The smallest absolute Gasteiger partial charge is 0.381 e. The zero-order valence-electron chi connectivity index (χ0n) is 10.9. The molecule has 112 valence electrons. The van der Waals surface area contributed by atoms with E-state index in [1.54, 1.807) is 0 Å². The molecule has 0 bridgehead atoms. The summed E-state index contributed by atoms with van der Waals surface area (Å²) in [6.07, 6.45) is -4.72. The highest BCUT2D eigenvalue weighted by molar-refractivity contribution is 5.42. The van der Waals surface area contributed by atoms with Gasteiger partial charge < -0.3 is 5.11 Å². The van der Waals surface area contributed by atoms with E-state index >= 15 is 0 Å². The molecule has 0 spiro atoms. The third-order valence-corrected chi connectivity index (χ3v) is 3.23. The first-order valence-electron chi connectivity index (χ1n) is 5.99. The first-order chi connectivity index (χ1) is 9.65. The number of rotatable bonds is 2. The summed E-state index contributed by atoms with van der Waals surface area (Å²) in [5.41, 5.74) is -4.52. The van der Waals surface area contributed by atoms with Gasteiger partial charge in [-0.05, 0) is 24.6 Å². The number of hydrogen-bond acceptors (Lipinski definition) is 1. The van der Waals surface area contributed by atoms with Crippen LogP contribution in [-0.4, -0.2) is 5.11 Å². The monoisotopic (exact) mass is 302 g/mol. The molecule has 21 heavy (non-hydrogen) atoms. The van der Waals surface area contributed by atoms with Crippen molar-refractivity contribution in [1.29, 1.82) is 0 Å². The van der Waals surface area contributed by atoms with Crippen LogP contribution < -0.4 is 0 Å². The van der Waals surface area contributed by atoms with Crippen molar-refractivity contribution in [3.05, 3.63) is 70.8 Å². The Morgan fingerprint density at radius 2 is 1.33 bits per heavy atom. The maximum atomic E-state index is 13.8. The molecule has 0 saturated carbocycles. The second-order valence-corrected chi connectivity index (χ2v) is 4.72.